The molecule has 112 valence electrons. The second-order valence-electron chi connectivity index (χ2n) is 7.61. The molecule has 0 unspecified atom stereocenters. The first-order chi connectivity index (χ1) is 8.96. The third-order valence-electron chi connectivity index (χ3n) is 4.04. The summed E-state index contributed by atoms with van der Waals surface area (Å²) in [4.78, 5) is 0. The molecule has 1 fully saturated rings. The molecule has 1 nitrogen and oxygen atoms in total. The van der Waals surface area contributed by atoms with Crippen molar-refractivity contribution in [1.29, 1.82) is 0 Å². The molecule has 0 bridgehead atoms. The molecule has 1 aliphatic carbocycles. The van der Waals surface area contributed by atoms with Crippen molar-refractivity contribution in [1.82, 2.24) is 0 Å². The van der Waals surface area contributed by atoms with Crippen molar-refractivity contribution in [3.8, 4) is 0 Å². The molecule has 1 saturated carbocycles. The van der Waals surface area contributed by atoms with Gasteiger partial charge in [0.1, 0.15) is 5.82 Å². The first-order valence-electron chi connectivity index (χ1n) is 6.82. The largest absolute Gasteiger partial charge is 0.385 e. The molecule has 0 saturated heterocycles. The highest BCUT2D eigenvalue weighted by atomic mass is 79.9. The highest BCUT2D eigenvalue weighted by Gasteiger charge is 2.48. The van der Waals surface area contributed by atoms with E-state index in [9.17, 15) is 9.50 Å². The average molecular weight is 364 g/mol. The van der Waals surface area contributed by atoms with Crippen LogP contribution in [-0.4, -0.2) is 5.11 Å². The summed E-state index contributed by atoms with van der Waals surface area (Å²) in [7, 11) is 0. The fourth-order valence-corrected chi connectivity index (χ4v) is 4.61. The number of aliphatic hydroxyl groups is 1. The van der Waals surface area contributed by atoms with Gasteiger partial charge in [-0.15, -0.1) is 0 Å². The Bertz CT molecular complexity index is 524. The fraction of sp³-hybridized carbons (Fsp3) is 0.625. The fourth-order valence-electron chi connectivity index (χ4n) is 4.14. The van der Waals surface area contributed by atoms with Crippen LogP contribution in [0.25, 0.3) is 0 Å². The van der Waals surface area contributed by atoms with E-state index in [0.29, 0.717) is 22.9 Å². The van der Waals surface area contributed by atoms with Crippen LogP contribution in [0.1, 0.15) is 52.5 Å². The van der Waals surface area contributed by atoms with Gasteiger partial charge in [0.05, 0.1) is 10.6 Å². The zero-order valence-corrected chi connectivity index (χ0v) is 14.7. The van der Waals surface area contributed by atoms with Gasteiger partial charge in [-0.3, -0.25) is 0 Å². The summed E-state index contributed by atoms with van der Waals surface area (Å²) >= 11 is 9.19. The van der Waals surface area contributed by atoms with Gasteiger partial charge in [0, 0.05) is 10.0 Å². The van der Waals surface area contributed by atoms with E-state index in [4.69, 9.17) is 11.6 Å². The minimum Gasteiger partial charge on any atom is -0.385 e. The molecule has 0 heterocycles. The SMILES string of the molecule is CC1(C)CC(C)(C)CC(O)(c2ccc(Br)c(Cl)c2F)C1. The molecule has 2 rings (SSSR count). The summed E-state index contributed by atoms with van der Waals surface area (Å²) in [6.45, 7) is 8.49. The van der Waals surface area contributed by atoms with Crippen LogP contribution >= 0.6 is 27.5 Å². The van der Waals surface area contributed by atoms with Gasteiger partial charge in [-0.05, 0) is 52.1 Å². The second kappa shape index (κ2) is 4.96. The van der Waals surface area contributed by atoms with Crippen LogP contribution in [0, 0.1) is 16.6 Å². The standard InChI is InChI=1S/C16H21BrClFO/c1-14(2)7-15(3,4)9-16(20,8-14)10-5-6-11(17)12(18)13(10)19/h5-6,20H,7-9H2,1-4H3. The molecule has 0 atom stereocenters. The van der Waals surface area contributed by atoms with Crippen molar-refractivity contribution >= 4 is 27.5 Å². The third kappa shape index (κ3) is 3.05. The monoisotopic (exact) mass is 362 g/mol. The van der Waals surface area contributed by atoms with Crippen molar-refractivity contribution in [2.75, 3.05) is 0 Å². The predicted octanol–water partition coefficient (Wildman–Crippen LogP) is 5.67. The van der Waals surface area contributed by atoms with Crippen molar-refractivity contribution in [3.63, 3.8) is 0 Å². The van der Waals surface area contributed by atoms with Gasteiger partial charge in [0.25, 0.3) is 0 Å². The molecule has 1 aromatic carbocycles. The highest BCUT2D eigenvalue weighted by molar-refractivity contribution is 9.10. The predicted molar refractivity (Wildman–Crippen MR) is 84.4 cm³/mol. The Kier molecular flexibility index (Phi) is 4.03. The van der Waals surface area contributed by atoms with Crippen LogP contribution in [0.3, 0.4) is 0 Å². The number of hydrogen-bond acceptors (Lipinski definition) is 1. The average Bonchev–Trinajstić information content (AvgIpc) is 2.20. The molecule has 0 aliphatic heterocycles. The minimum absolute atomic E-state index is 0.0390. The molecule has 0 amide bonds. The number of benzene rings is 1. The van der Waals surface area contributed by atoms with E-state index < -0.39 is 11.4 Å². The molecule has 1 aromatic rings. The van der Waals surface area contributed by atoms with Gasteiger partial charge in [0.2, 0.25) is 0 Å². The van der Waals surface area contributed by atoms with Gasteiger partial charge in [-0.2, -0.15) is 0 Å². The lowest BCUT2D eigenvalue weighted by Gasteiger charge is -2.49. The normalized spacial score (nSPS) is 23.6. The van der Waals surface area contributed by atoms with Crippen molar-refractivity contribution in [2.45, 2.75) is 52.6 Å². The maximum atomic E-state index is 14.5. The summed E-state index contributed by atoms with van der Waals surface area (Å²) in [6.07, 6.45) is 2.09. The summed E-state index contributed by atoms with van der Waals surface area (Å²) < 4.78 is 15.0. The Morgan fingerprint density at radius 1 is 1.10 bits per heavy atom. The van der Waals surface area contributed by atoms with E-state index in [1.54, 1.807) is 12.1 Å². The summed E-state index contributed by atoms with van der Waals surface area (Å²) in [6, 6.07) is 3.34. The Morgan fingerprint density at radius 3 is 2.10 bits per heavy atom. The minimum atomic E-state index is -1.17. The lowest BCUT2D eigenvalue weighted by Crippen LogP contribution is -2.44. The molecular weight excluding hydrogens is 343 g/mol. The van der Waals surface area contributed by atoms with E-state index in [1.165, 1.54) is 0 Å². The van der Waals surface area contributed by atoms with Crippen LogP contribution < -0.4 is 0 Å². The van der Waals surface area contributed by atoms with E-state index >= 15 is 0 Å². The maximum absolute atomic E-state index is 14.5. The number of halogens is 3. The van der Waals surface area contributed by atoms with Crippen LogP contribution in [-0.2, 0) is 5.60 Å². The van der Waals surface area contributed by atoms with Crippen LogP contribution in [0.15, 0.2) is 16.6 Å². The number of rotatable bonds is 1. The molecule has 1 aliphatic rings. The van der Waals surface area contributed by atoms with Crippen LogP contribution in [0.4, 0.5) is 4.39 Å². The summed E-state index contributed by atoms with van der Waals surface area (Å²) in [5.41, 5.74) is -0.934. The molecule has 20 heavy (non-hydrogen) atoms. The van der Waals surface area contributed by atoms with E-state index in [1.807, 2.05) is 0 Å². The zero-order chi connectivity index (χ0) is 15.3. The Balaban J connectivity index is 2.52. The van der Waals surface area contributed by atoms with Gasteiger partial charge in [-0.1, -0.05) is 45.4 Å². The number of hydrogen-bond donors (Lipinski definition) is 1. The summed E-state index contributed by atoms with van der Waals surface area (Å²) in [5.74, 6) is -0.517. The Labute approximate surface area is 133 Å². The second-order valence-corrected chi connectivity index (χ2v) is 8.85. The van der Waals surface area contributed by atoms with E-state index in [-0.39, 0.29) is 15.9 Å². The summed E-state index contributed by atoms with van der Waals surface area (Å²) in [5, 5.41) is 11.1. The molecule has 1 N–H and O–H groups in total. The topological polar surface area (TPSA) is 20.2 Å². The molecule has 0 aromatic heterocycles. The molecule has 0 radical (unpaired) electrons. The highest BCUT2D eigenvalue weighted by Crippen LogP contribution is 2.54. The van der Waals surface area contributed by atoms with Gasteiger partial charge in [0.15, 0.2) is 0 Å². The zero-order valence-electron chi connectivity index (χ0n) is 12.4. The van der Waals surface area contributed by atoms with E-state index in [2.05, 4.69) is 43.6 Å². The van der Waals surface area contributed by atoms with Gasteiger partial charge in [-0.25, -0.2) is 4.39 Å². The first-order valence-corrected chi connectivity index (χ1v) is 7.99. The van der Waals surface area contributed by atoms with Gasteiger partial charge >= 0.3 is 0 Å². The van der Waals surface area contributed by atoms with E-state index in [0.717, 1.165) is 6.42 Å². The Hall–Kier alpha value is -0.120. The lowest BCUT2D eigenvalue weighted by molar-refractivity contribution is -0.0931. The smallest absolute Gasteiger partial charge is 0.149 e. The van der Waals surface area contributed by atoms with Gasteiger partial charge < -0.3 is 5.11 Å². The Morgan fingerprint density at radius 2 is 1.60 bits per heavy atom. The molecule has 4 heteroatoms. The van der Waals surface area contributed by atoms with Crippen LogP contribution in [0.2, 0.25) is 5.02 Å². The maximum Gasteiger partial charge on any atom is 0.149 e. The molecule has 0 spiro atoms. The third-order valence-corrected chi connectivity index (χ3v) is 5.29. The lowest BCUT2D eigenvalue weighted by atomic mass is 9.58. The molecular formula is C16H21BrClFO. The van der Waals surface area contributed by atoms with Crippen molar-refractivity contribution in [3.05, 3.63) is 33.0 Å². The van der Waals surface area contributed by atoms with Crippen molar-refractivity contribution in [2.24, 2.45) is 10.8 Å². The van der Waals surface area contributed by atoms with Crippen LogP contribution in [0.5, 0.6) is 0 Å². The quantitative estimate of drug-likeness (QED) is 0.638. The first kappa shape index (κ1) is 16.3. The van der Waals surface area contributed by atoms with Crippen molar-refractivity contribution < 1.29 is 9.50 Å².